The lowest BCUT2D eigenvalue weighted by molar-refractivity contribution is 0.0955. The van der Waals surface area contributed by atoms with Crippen molar-refractivity contribution in [1.29, 1.82) is 0 Å². The number of nitrogens with one attached hydrogen (secondary N) is 1. The number of hydrogen-bond donors (Lipinski definition) is 2. The SMILES string of the molecule is Cc1ccsc1/C=N/NC(=O)c1ccc(N)cc1. The Labute approximate surface area is 109 Å². The highest BCUT2D eigenvalue weighted by molar-refractivity contribution is 7.11. The maximum atomic E-state index is 11.7. The zero-order valence-corrected chi connectivity index (χ0v) is 10.7. The largest absolute Gasteiger partial charge is 0.399 e. The van der Waals surface area contributed by atoms with Gasteiger partial charge in [-0.25, -0.2) is 5.43 Å². The summed E-state index contributed by atoms with van der Waals surface area (Å²) in [5.74, 6) is -0.250. The Morgan fingerprint density at radius 3 is 2.67 bits per heavy atom. The third-order valence-electron chi connectivity index (χ3n) is 2.42. The molecule has 0 aliphatic carbocycles. The van der Waals surface area contributed by atoms with E-state index < -0.39 is 0 Å². The predicted molar refractivity (Wildman–Crippen MR) is 75.0 cm³/mol. The normalized spacial score (nSPS) is 10.7. The molecule has 3 N–H and O–H groups in total. The van der Waals surface area contributed by atoms with E-state index in [0.29, 0.717) is 11.3 Å². The number of nitrogens with zero attached hydrogens (tertiary/aromatic N) is 1. The maximum Gasteiger partial charge on any atom is 0.271 e. The van der Waals surface area contributed by atoms with Gasteiger partial charge in [0.1, 0.15) is 0 Å². The molecule has 2 rings (SSSR count). The van der Waals surface area contributed by atoms with Gasteiger partial charge in [-0.2, -0.15) is 5.10 Å². The highest BCUT2D eigenvalue weighted by atomic mass is 32.1. The number of amides is 1. The van der Waals surface area contributed by atoms with Crippen LogP contribution in [-0.4, -0.2) is 12.1 Å². The number of aryl methyl sites for hydroxylation is 1. The summed E-state index contributed by atoms with van der Waals surface area (Å²) in [5.41, 5.74) is 10.3. The number of thiophene rings is 1. The molecule has 0 bridgehead atoms. The van der Waals surface area contributed by atoms with Crippen LogP contribution in [0.2, 0.25) is 0 Å². The van der Waals surface area contributed by atoms with Gasteiger partial charge in [0, 0.05) is 16.1 Å². The first kappa shape index (κ1) is 12.3. The minimum atomic E-state index is -0.250. The number of benzene rings is 1. The van der Waals surface area contributed by atoms with Gasteiger partial charge in [0.25, 0.3) is 5.91 Å². The fourth-order valence-corrected chi connectivity index (χ4v) is 2.15. The van der Waals surface area contributed by atoms with E-state index in [0.717, 1.165) is 10.4 Å². The fourth-order valence-electron chi connectivity index (χ4n) is 1.37. The summed E-state index contributed by atoms with van der Waals surface area (Å²) in [7, 11) is 0. The molecule has 1 aromatic heterocycles. The number of nitrogens with two attached hydrogens (primary N) is 1. The molecule has 0 aliphatic rings. The highest BCUT2D eigenvalue weighted by Gasteiger charge is 2.03. The van der Waals surface area contributed by atoms with E-state index in [1.807, 2.05) is 18.4 Å². The lowest BCUT2D eigenvalue weighted by Gasteiger charge is -1.99. The molecule has 0 radical (unpaired) electrons. The van der Waals surface area contributed by atoms with Crippen LogP contribution in [0.1, 0.15) is 20.8 Å². The molecule has 1 heterocycles. The second-order valence-corrected chi connectivity index (χ2v) is 4.74. The van der Waals surface area contributed by atoms with Crippen LogP contribution >= 0.6 is 11.3 Å². The predicted octanol–water partition coefficient (Wildman–Crippen LogP) is 2.40. The first-order valence-corrected chi connectivity index (χ1v) is 6.28. The summed E-state index contributed by atoms with van der Waals surface area (Å²) in [6, 6.07) is 8.70. The molecule has 0 fully saturated rings. The number of hydrazone groups is 1. The highest BCUT2D eigenvalue weighted by Crippen LogP contribution is 2.12. The monoisotopic (exact) mass is 259 g/mol. The molecule has 1 aromatic carbocycles. The number of carbonyl (C=O) groups is 1. The van der Waals surface area contributed by atoms with E-state index in [4.69, 9.17) is 5.73 Å². The van der Waals surface area contributed by atoms with Crippen LogP contribution in [0.15, 0.2) is 40.8 Å². The summed E-state index contributed by atoms with van der Waals surface area (Å²) in [5, 5.41) is 5.91. The minimum Gasteiger partial charge on any atom is -0.399 e. The van der Waals surface area contributed by atoms with Crippen molar-refractivity contribution in [1.82, 2.24) is 5.43 Å². The zero-order chi connectivity index (χ0) is 13.0. The van der Waals surface area contributed by atoms with Crippen molar-refractivity contribution in [2.45, 2.75) is 6.92 Å². The Bertz CT molecular complexity index is 572. The van der Waals surface area contributed by atoms with Crippen LogP contribution in [0.25, 0.3) is 0 Å². The van der Waals surface area contributed by atoms with E-state index in [-0.39, 0.29) is 5.91 Å². The van der Waals surface area contributed by atoms with Crippen molar-refractivity contribution in [3.63, 3.8) is 0 Å². The van der Waals surface area contributed by atoms with Crippen LogP contribution in [-0.2, 0) is 0 Å². The second kappa shape index (κ2) is 5.46. The van der Waals surface area contributed by atoms with Crippen LogP contribution in [0.5, 0.6) is 0 Å². The number of hydrogen-bond acceptors (Lipinski definition) is 4. The quantitative estimate of drug-likeness (QED) is 0.505. The smallest absolute Gasteiger partial charge is 0.271 e. The standard InChI is InChI=1S/C13H13N3OS/c1-9-6-7-18-12(9)8-15-16-13(17)10-2-4-11(14)5-3-10/h2-8H,14H2,1H3,(H,16,17)/b15-8+. The fraction of sp³-hybridized carbons (Fsp3) is 0.0769. The number of rotatable bonds is 3. The lowest BCUT2D eigenvalue weighted by Crippen LogP contribution is -2.17. The van der Waals surface area contributed by atoms with Gasteiger partial charge in [0.2, 0.25) is 0 Å². The molecule has 0 aliphatic heterocycles. The van der Waals surface area contributed by atoms with Crippen molar-refractivity contribution >= 4 is 29.1 Å². The van der Waals surface area contributed by atoms with Gasteiger partial charge in [-0.05, 0) is 48.2 Å². The molecule has 5 heteroatoms. The van der Waals surface area contributed by atoms with Crippen molar-refractivity contribution in [2.24, 2.45) is 5.10 Å². The van der Waals surface area contributed by atoms with Crippen LogP contribution in [0.3, 0.4) is 0 Å². The number of carbonyl (C=O) groups excluding carboxylic acids is 1. The average molecular weight is 259 g/mol. The zero-order valence-electron chi connectivity index (χ0n) is 9.88. The van der Waals surface area contributed by atoms with Gasteiger partial charge in [-0.3, -0.25) is 4.79 Å². The van der Waals surface area contributed by atoms with Gasteiger partial charge in [-0.15, -0.1) is 11.3 Å². The molecule has 0 atom stereocenters. The Hall–Kier alpha value is -2.14. The van der Waals surface area contributed by atoms with Crippen molar-refractivity contribution in [3.8, 4) is 0 Å². The van der Waals surface area contributed by atoms with Gasteiger partial charge in [-0.1, -0.05) is 0 Å². The van der Waals surface area contributed by atoms with E-state index in [1.54, 1.807) is 41.8 Å². The van der Waals surface area contributed by atoms with Crippen molar-refractivity contribution in [2.75, 3.05) is 5.73 Å². The van der Waals surface area contributed by atoms with E-state index >= 15 is 0 Å². The third kappa shape index (κ3) is 2.95. The van der Waals surface area contributed by atoms with E-state index in [9.17, 15) is 4.79 Å². The van der Waals surface area contributed by atoms with E-state index in [2.05, 4.69) is 10.5 Å². The molecule has 4 nitrogen and oxygen atoms in total. The Morgan fingerprint density at radius 1 is 1.33 bits per heavy atom. The Morgan fingerprint density at radius 2 is 2.06 bits per heavy atom. The average Bonchev–Trinajstić information content (AvgIpc) is 2.76. The number of nitrogen functional groups attached to an aromatic ring is 1. The van der Waals surface area contributed by atoms with Gasteiger partial charge in [0.15, 0.2) is 0 Å². The summed E-state index contributed by atoms with van der Waals surface area (Å²) in [6.07, 6.45) is 1.65. The summed E-state index contributed by atoms with van der Waals surface area (Å²) < 4.78 is 0. The van der Waals surface area contributed by atoms with Crippen LogP contribution < -0.4 is 11.2 Å². The van der Waals surface area contributed by atoms with Gasteiger partial charge >= 0.3 is 0 Å². The minimum absolute atomic E-state index is 0.250. The summed E-state index contributed by atoms with van der Waals surface area (Å²) >= 11 is 1.58. The Kier molecular flexibility index (Phi) is 3.74. The van der Waals surface area contributed by atoms with Crippen LogP contribution in [0.4, 0.5) is 5.69 Å². The molecule has 0 unspecified atom stereocenters. The van der Waals surface area contributed by atoms with E-state index in [1.165, 1.54) is 0 Å². The summed E-state index contributed by atoms with van der Waals surface area (Å²) in [6.45, 7) is 2.00. The third-order valence-corrected chi connectivity index (χ3v) is 3.38. The topological polar surface area (TPSA) is 67.5 Å². The molecular weight excluding hydrogens is 246 g/mol. The molecule has 2 aromatic rings. The molecule has 0 saturated heterocycles. The molecule has 0 saturated carbocycles. The first-order valence-electron chi connectivity index (χ1n) is 5.40. The molecule has 0 spiro atoms. The molecular formula is C13H13N3OS. The van der Waals surface area contributed by atoms with Crippen molar-refractivity contribution in [3.05, 3.63) is 51.7 Å². The Balaban J connectivity index is 1.98. The maximum absolute atomic E-state index is 11.7. The first-order chi connectivity index (χ1) is 8.66. The molecule has 1 amide bonds. The molecule has 92 valence electrons. The van der Waals surface area contributed by atoms with Gasteiger partial charge < -0.3 is 5.73 Å². The van der Waals surface area contributed by atoms with Crippen LogP contribution in [0, 0.1) is 6.92 Å². The van der Waals surface area contributed by atoms with Gasteiger partial charge in [0.05, 0.1) is 6.21 Å². The number of anilines is 1. The second-order valence-electron chi connectivity index (χ2n) is 3.79. The molecule has 18 heavy (non-hydrogen) atoms. The van der Waals surface area contributed by atoms with Crippen molar-refractivity contribution < 1.29 is 4.79 Å². The summed E-state index contributed by atoms with van der Waals surface area (Å²) in [4.78, 5) is 12.7. The lowest BCUT2D eigenvalue weighted by atomic mass is 10.2.